The molecule has 0 aromatic carbocycles. The van der Waals surface area contributed by atoms with E-state index in [0.717, 1.165) is 12.3 Å². The van der Waals surface area contributed by atoms with Crippen molar-refractivity contribution in [3.8, 4) is 0 Å². The minimum absolute atomic E-state index is 0.0137. The maximum atomic E-state index is 11.4. The van der Waals surface area contributed by atoms with Crippen molar-refractivity contribution in [2.24, 2.45) is 0 Å². The van der Waals surface area contributed by atoms with Gasteiger partial charge in [-0.2, -0.15) is 0 Å². The molecule has 0 saturated heterocycles. The number of carboxylic acids is 1. The van der Waals surface area contributed by atoms with Crippen molar-refractivity contribution < 1.29 is 19.6 Å². The number of nitro groups is 1. The largest absolute Gasteiger partial charge is 0.478 e. The molecule has 0 atom stereocenters. The maximum absolute atomic E-state index is 11.4. The average molecular weight is 296 g/mol. The maximum Gasteiger partial charge on any atom is 0.337 e. The predicted molar refractivity (Wildman–Crippen MR) is 74.2 cm³/mol. The highest BCUT2D eigenvalue weighted by Crippen LogP contribution is 2.22. The van der Waals surface area contributed by atoms with Crippen LogP contribution >= 0.6 is 0 Å². The summed E-state index contributed by atoms with van der Waals surface area (Å²) in [5, 5.41) is 25.0. The Morgan fingerprint density at radius 1 is 1.48 bits per heavy atom. The molecule has 0 saturated carbocycles. The van der Waals surface area contributed by atoms with Gasteiger partial charge in [0.15, 0.2) is 0 Å². The normalized spacial score (nSPS) is 10.2. The van der Waals surface area contributed by atoms with Crippen LogP contribution in [0.5, 0.6) is 0 Å². The lowest BCUT2D eigenvalue weighted by molar-refractivity contribution is -0.384. The number of rotatable bonds is 7. The second-order valence-electron chi connectivity index (χ2n) is 4.55. The second-order valence-corrected chi connectivity index (χ2v) is 4.55. The Hall–Kier alpha value is -2.71. The molecule has 0 aliphatic carbocycles. The van der Waals surface area contributed by atoms with Gasteiger partial charge in [-0.3, -0.25) is 14.9 Å². The summed E-state index contributed by atoms with van der Waals surface area (Å²) >= 11 is 0. The van der Waals surface area contributed by atoms with E-state index in [4.69, 9.17) is 5.11 Å². The van der Waals surface area contributed by atoms with Crippen molar-refractivity contribution in [1.29, 1.82) is 0 Å². The Morgan fingerprint density at radius 3 is 2.67 bits per heavy atom. The zero-order chi connectivity index (χ0) is 16.0. The number of hydrogen-bond acceptors (Lipinski definition) is 6. The summed E-state index contributed by atoms with van der Waals surface area (Å²) in [6.07, 6.45) is 1.14. The first kappa shape index (κ1) is 16.3. The molecule has 114 valence electrons. The van der Waals surface area contributed by atoms with Gasteiger partial charge in [0, 0.05) is 31.3 Å². The lowest BCUT2D eigenvalue weighted by atomic mass is 10.2. The van der Waals surface area contributed by atoms with Crippen LogP contribution in [0.2, 0.25) is 0 Å². The fourth-order valence-corrected chi connectivity index (χ4v) is 1.53. The first-order chi connectivity index (χ1) is 9.81. The highest BCUT2D eigenvalue weighted by Gasteiger charge is 2.18. The molecule has 9 nitrogen and oxygen atoms in total. The van der Waals surface area contributed by atoms with Crippen LogP contribution in [0.15, 0.2) is 12.3 Å². The summed E-state index contributed by atoms with van der Waals surface area (Å²) in [5.74, 6) is -1.56. The first-order valence-corrected chi connectivity index (χ1v) is 6.22. The van der Waals surface area contributed by atoms with Crippen LogP contribution < -0.4 is 10.6 Å². The van der Waals surface area contributed by atoms with Crippen LogP contribution in [0, 0.1) is 10.1 Å². The number of carbonyl (C=O) groups excluding carboxylic acids is 1. The molecule has 3 N–H and O–H groups in total. The highest BCUT2D eigenvalue weighted by atomic mass is 16.6. The molecule has 9 heteroatoms. The Morgan fingerprint density at radius 2 is 2.14 bits per heavy atom. The van der Waals surface area contributed by atoms with Crippen molar-refractivity contribution >= 4 is 23.4 Å². The number of carboxylic acid groups (broad SMARTS) is 1. The topological polar surface area (TPSA) is 134 Å². The summed E-state index contributed by atoms with van der Waals surface area (Å²) in [6, 6.07) is 0.936. The minimum Gasteiger partial charge on any atom is -0.478 e. The number of anilines is 1. The smallest absolute Gasteiger partial charge is 0.337 e. The number of nitrogens with one attached hydrogen (secondary N) is 2. The molecule has 0 spiro atoms. The van der Waals surface area contributed by atoms with E-state index in [1.54, 1.807) is 0 Å². The van der Waals surface area contributed by atoms with Gasteiger partial charge in [-0.25, -0.2) is 9.78 Å². The third kappa shape index (κ3) is 5.05. The summed E-state index contributed by atoms with van der Waals surface area (Å²) in [6.45, 7) is 3.80. The molecule has 0 unspecified atom stereocenters. The molecule has 1 heterocycles. The number of amides is 1. The monoisotopic (exact) mass is 296 g/mol. The van der Waals surface area contributed by atoms with Crippen molar-refractivity contribution in [1.82, 2.24) is 10.3 Å². The molecule has 0 aliphatic heterocycles. The Kier molecular flexibility index (Phi) is 5.58. The Bertz CT molecular complexity index is 559. The van der Waals surface area contributed by atoms with Gasteiger partial charge in [0.05, 0.1) is 10.5 Å². The van der Waals surface area contributed by atoms with Crippen molar-refractivity contribution in [2.45, 2.75) is 26.3 Å². The van der Waals surface area contributed by atoms with Gasteiger partial charge in [-0.15, -0.1) is 0 Å². The van der Waals surface area contributed by atoms with E-state index < -0.39 is 16.6 Å². The zero-order valence-corrected chi connectivity index (χ0v) is 11.6. The SMILES string of the molecule is CC(C)NC(=O)CCNc1ncc(C(=O)O)cc1[N+](=O)[O-]. The molecular formula is C12H16N4O5. The van der Waals surface area contributed by atoms with Crippen LogP contribution in [0.3, 0.4) is 0 Å². The third-order valence-electron chi connectivity index (χ3n) is 2.41. The molecule has 0 radical (unpaired) electrons. The van der Waals surface area contributed by atoms with Crippen LogP contribution in [-0.2, 0) is 4.79 Å². The molecule has 0 bridgehead atoms. The van der Waals surface area contributed by atoms with Crippen molar-refractivity contribution in [2.75, 3.05) is 11.9 Å². The highest BCUT2D eigenvalue weighted by molar-refractivity contribution is 5.88. The van der Waals surface area contributed by atoms with Gasteiger partial charge in [0.1, 0.15) is 0 Å². The summed E-state index contributed by atoms with van der Waals surface area (Å²) in [5.41, 5.74) is -0.719. The summed E-state index contributed by atoms with van der Waals surface area (Å²) < 4.78 is 0. The van der Waals surface area contributed by atoms with Crippen LogP contribution in [0.4, 0.5) is 11.5 Å². The number of nitrogens with zero attached hydrogens (tertiary/aromatic N) is 2. The Balaban J connectivity index is 2.73. The van der Waals surface area contributed by atoms with Gasteiger partial charge >= 0.3 is 11.7 Å². The number of aromatic nitrogens is 1. The van der Waals surface area contributed by atoms with E-state index in [9.17, 15) is 19.7 Å². The lowest BCUT2D eigenvalue weighted by Crippen LogP contribution is -2.31. The van der Waals surface area contributed by atoms with Gasteiger partial charge in [-0.05, 0) is 13.8 Å². The summed E-state index contributed by atoms with van der Waals surface area (Å²) in [4.78, 5) is 36.1. The van der Waals surface area contributed by atoms with E-state index in [2.05, 4.69) is 15.6 Å². The van der Waals surface area contributed by atoms with Gasteiger partial charge < -0.3 is 15.7 Å². The van der Waals surface area contributed by atoms with Crippen molar-refractivity contribution in [3.63, 3.8) is 0 Å². The molecule has 0 aliphatic rings. The van der Waals surface area contributed by atoms with Gasteiger partial charge in [0.2, 0.25) is 11.7 Å². The minimum atomic E-state index is -1.30. The van der Waals surface area contributed by atoms with Gasteiger partial charge in [0.25, 0.3) is 0 Å². The molecule has 1 rings (SSSR count). The second kappa shape index (κ2) is 7.17. The van der Waals surface area contributed by atoms with E-state index >= 15 is 0 Å². The van der Waals surface area contributed by atoms with E-state index in [0.29, 0.717) is 0 Å². The van der Waals surface area contributed by atoms with Gasteiger partial charge in [-0.1, -0.05) is 0 Å². The zero-order valence-electron chi connectivity index (χ0n) is 11.6. The molecular weight excluding hydrogens is 280 g/mol. The number of carbonyl (C=O) groups is 2. The predicted octanol–water partition coefficient (Wildman–Crippen LogP) is 1.01. The number of hydrogen-bond donors (Lipinski definition) is 3. The quantitative estimate of drug-likeness (QED) is 0.505. The molecule has 1 aromatic heterocycles. The summed E-state index contributed by atoms with van der Waals surface area (Å²) in [7, 11) is 0. The molecule has 21 heavy (non-hydrogen) atoms. The molecule has 1 amide bonds. The number of pyridine rings is 1. The van der Waals surface area contributed by atoms with E-state index in [-0.39, 0.29) is 36.3 Å². The average Bonchev–Trinajstić information content (AvgIpc) is 2.37. The van der Waals surface area contributed by atoms with E-state index in [1.165, 1.54) is 0 Å². The fourth-order valence-electron chi connectivity index (χ4n) is 1.53. The standard InChI is InChI=1S/C12H16N4O5/c1-7(2)15-10(17)3-4-13-11-9(16(20)21)5-8(6-14-11)12(18)19/h5-7H,3-4H2,1-2H3,(H,13,14)(H,15,17)(H,18,19). The number of aromatic carboxylic acids is 1. The van der Waals surface area contributed by atoms with Crippen molar-refractivity contribution in [3.05, 3.63) is 27.9 Å². The van der Waals surface area contributed by atoms with Crippen LogP contribution in [-0.4, -0.2) is 39.5 Å². The van der Waals surface area contributed by atoms with Crippen LogP contribution in [0.25, 0.3) is 0 Å². The van der Waals surface area contributed by atoms with Crippen LogP contribution in [0.1, 0.15) is 30.6 Å². The lowest BCUT2D eigenvalue weighted by Gasteiger charge is -2.09. The molecule has 1 aromatic rings. The van der Waals surface area contributed by atoms with E-state index in [1.807, 2.05) is 13.8 Å². The Labute approximate surface area is 120 Å². The molecule has 0 fully saturated rings. The first-order valence-electron chi connectivity index (χ1n) is 6.22. The third-order valence-corrected chi connectivity index (χ3v) is 2.41. The fraction of sp³-hybridized carbons (Fsp3) is 0.417.